The van der Waals surface area contributed by atoms with Crippen LogP contribution in [0.25, 0.3) is 21.8 Å². The second kappa shape index (κ2) is 2.73. The number of aryl methyl sites for hydroxylation is 1. The number of hydrogen-bond acceptors (Lipinski definition) is 2. The molecule has 0 saturated carbocycles. The zero-order chi connectivity index (χ0) is 10.4. The van der Waals surface area contributed by atoms with Gasteiger partial charge >= 0.3 is 0 Å². The van der Waals surface area contributed by atoms with E-state index in [1.54, 1.807) is 12.1 Å². The maximum atomic E-state index is 9.38. The van der Waals surface area contributed by atoms with Crippen molar-refractivity contribution in [1.29, 1.82) is 0 Å². The molecule has 3 rings (SSSR count). The molecule has 0 atom stereocenters. The molecule has 0 saturated heterocycles. The van der Waals surface area contributed by atoms with Crippen molar-refractivity contribution < 1.29 is 5.11 Å². The van der Waals surface area contributed by atoms with E-state index in [1.807, 2.05) is 25.1 Å². The molecule has 0 aliphatic rings. The molecule has 3 aromatic rings. The molecule has 0 aliphatic heterocycles. The second-order valence-corrected chi connectivity index (χ2v) is 3.72. The first-order valence-electron chi connectivity index (χ1n) is 4.81. The minimum absolute atomic E-state index is 0.290. The number of aromatic amines is 1. The second-order valence-electron chi connectivity index (χ2n) is 3.72. The van der Waals surface area contributed by atoms with E-state index < -0.39 is 0 Å². The number of nitrogens with zero attached hydrogens (tertiary/aromatic N) is 1. The number of nitrogens with one attached hydrogen (secondary N) is 1. The minimum Gasteiger partial charge on any atom is -0.508 e. The van der Waals surface area contributed by atoms with Crippen molar-refractivity contribution in [2.24, 2.45) is 0 Å². The highest BCUT2D eigenvalue weighted by Crippen LogP contribution is 2.24. The fourth-order valence-electron chi connectivity index (χ4n) is 1.87. The Morgan fingerprint density at radius 2 is 2.00 bits per heavy atom. The summed E-state index contributed by atoms with van der Waals surface area (Å²) in [6.07, 6.45) is 0. The van der Waals surface area contributed by atoms with Gasteiger partial charge in [-0.3, -0.25) is 0 Å². The summed E-state index contributed by atoms with van der Waals surface area (Å²) in [5, 5.41) is 11.5. The van der Waals surface area contributed by atoms with Gasteiger partial charge in [0.15, 0.2) is 0 Å². The molecule has 15 heavy (non-hydrogen) atoms. The Morgan fingerprint density at radius 1 is 1.13 bits per heavy atom. The number of imidazole rings is 1. The summed E-state index contributed by atoms with van der Waals surface area (Å²) in [4.78, 5) is 7.54. The molecular weight excluding hydrogens is 188 g/mol. The lowest BCUT2D eigenvalue weighted by Crippen LogP contribution is -1.74. The molecule has 0 unspecified atom stereocenters. The van der Waals surface area contributed by atoms with E-state index in [1.165, 1.54) is 0 Å². The van der Waals surface area contributed by atoms with E-state index in [2.05, 4.69) is 9.97 Å². The van der Waals surface area contributed by atoms with Crippen molar-refractivity contribution >= 4 is 21.8 Å². The van der Waals surface area contributed by atoms with Crippen LogP contribution in [-0.2, 0) is 0 Å². The van der Waals surface area contributed by atoms with E-state index in [4.69, 9.17) is 0 Å². The third kappa shape index (κ3) is 1.24. The molecule has 0 amide bonds. The highest BCUT2D eigenvalue weighted by atomic mass is 16.3. The van der Waals surface area contributed by atoms with Crippen LogP contribution in [0.1, 0.15) is 5.82 Å². The lowest BCUT2D eigenvalue weighted by molar-refractivity contribution is 0.476. The normalized spacial score (nSPS) is 11.3. The molecule has 0 fully saturated rings. The Labute approximate surface area is 86.4 Å². The summed E-state index contributed by atoms with van der Waals surface area (Å²) < 4.78 is 0. The quantitative estimate of drug-likeness (QED) is 0.583. The molecule has 0 radical (unpaired) electrons. The van der Waals surface area contributed by atoms with Crippen LogP contribution in [0.4, 0.5) is 0 Å². The van der Waals surface area contributed by atoms with Crippen LogP contribution in [0.15, 0.2) is 30.3 Å². The molecule has 1 heterocycles. The summed E-state index contributed by atoms with van der Waals surface area (Å²) >= 11 is 0. The van der Waals surface area contributed by atoms with Crippen molar-refractivity contribution in [3.63, 3.8) is 0 Å². The third-order valence-electron chi connectivity index (χ3n) is 2.54. The van der Waals surface area contributed by atoms with Gasteiger partial charge in [0.1, 0.15) is 11.6 Å². The number of phenolic OH excluding ortho intramolecular Hbond substituents is 1. The summed E-state index contributed by atoms with van der Waals surface area (Å²) in [6, 6.07) is 9.37. The zero-order valence-corrected chi connectivity index (χ0v) is 8.28. The van der Waals surface area contributed by atoms with Crippen molar-refractivity contribution in [2.75, 3.05) is 0 Å². The molecule has 2 aromatic carbocycles. The molecule has 1 aromatic heterocycles. The standard InChI is InChI=1S/C12H10N2O/c1-7-13-11-5-8-2-3-10(15)4-9(8)6-12(11)14-7/h2-6,15H,1H3,(H,13,14). The summed E-state index contributed by atoms with van der Waals surface area (Å²) in [7, 11) is 0. The van der Waals surface area contributed by atoms with Gasteiger partial charge in [-0.2, -0.15) is 0 Å². The largest absolute Gasteiger partial charge is 0.508 e. The van der Waals surface area contributed by atoms with E-state index >= 15 is 0 Å². The summed E-state index contributed by atoms with van der Waals surface area (Å²) in [5.41, 5.74) is 1.97. The predicted molar refractivity (Wildman–Crippen MR) is 60.0 cm³/mol. The van der Waals surface area contributed by atoms with E-state index in [-0.39, 0.29) is 5.75 Å². The smallest absolute Gasteiger partial charge is 0.116 e. The van der Waals surface area contributed by atoms with Crippen LogP contribution in [-0.4, -0.2) is 15.1 Å². The maximum absolute atomic E-state index is 9.38. The predicted octanol–water partition coefficient (Wildman–Crippen LogP) is 2.73. The first-order chi connectivity index (χ1) is 7.22. The Balaban J connectivity index is 2.46. The van der Waals surface area contributed by atoms with Crippen molar-refractivity contribution in [1.82, 2.24) is 9.97 Å². The highest BCUT2D eigenvalue weighted by Gasteiger charge is 2.02. The summed E-state index contributed by atoms with van der Waals surface area (Å²) in [5.74, 6) is 1.20. The van der Waals surface area contributed by atoms with Crippen LogP contribution in [0, 0.1) is 6.92 Å². The van der Waals surface area contributed by atoms with E-state index in [0.717, 1.165) is 27.6 Å². The third-order valence-corrected chi connectivity index (χ3v) is 2.54. The Kier molecular flexibility index (Phi) is 1.51. The van der Waals surface area contributed by atoms with E-state index in [9.17, 15) is 5.11 Å². The lowest BCUT2D eigenvalue weighted by atomic mass is 10.1. The molecule has 3 nitrogen and oxygen atoms in total. The number of benzene rings is 2. The van der Waals surface area contributed by atoms with Gasteiger partial charge in [-0.05, 0) is 42.0 Å². The average molecular weight is 198 g/mol. The molecular formula is C12H10N2O. The van der Waals surface area contributed by atoms with Crippen molar-refractivity contribution in [3.8, 4) is 5.75 Å². The van der Waals surface area contributed by atoms with Gasteiger partial charge < -0.3 is 10.1 Å². The zero-order valence-electron chi connectivity index (χ0n) is 8.28. The van der Waals surface area contributed by atoms with Crippen molar-refractivity contribution in [3.05, 3.63) is 36.2 Å². The highest BCUT2D eigenvalue weighted by molar-refractivity contribution is 5.95. The van der Waals surface area contributed by atoms with Crippen LogP contribution >= 0.6 is 0 Å². The first kappa shape index (κ1) is 8.29. The first-order valence-corrected chi connectivity index (χ1v) is 4.81. The Hall–Kier alpha value is -2.03. The average Bonchev–Trinajstić information content (AvgIpc) is 2.53. The molecule has 3 heteroatoms. The van der Waals surface area contributed by atoms with Gasteiger partial charge in [0.25, 0.3) is 0 Å². The molecule has 0 bridgehead atoms. The van der Waals surface area contributed by atoms with Gasteiger partial charge in [-0.25, -0.2) is 4.98 Å². The van der Waals surface area contributed by atoms with Crippen LogP contribution in [0.3, 0.4) is 0 Å². The van der Waals surface area contributed by atoms with Crippen LogP contribution in [0.2, 0.25) is 0 Å². The monoisotopic (exact) mass is 198 g/mol. The van der Waals surface area contributed by atoms with Crippen molar-refractivity contribution in [2.45, 2.75) is 6.92 Å². The van der Waals surface area contributed by atoms with Gasteiger partial charge in [0.05, 0.1) is 11.0 Å². The lowest BCUT2D eigenvalue weighted by Gasteiger charge is -1.98. The number of fused-ring (bicyclic) bond motifs is 2. The number of aromatic nitrogens is 2. The minimum atomic E-state index is 0.290. The fourth-order valence-corrected chi connectivity index (χ4v) is 1.87. The van der Waals surface area contributed by atoms with Crippen LogP contribution in [0.5, 0.6) is 5.75 Å². The number of H-pyrrole nitrogens is 1. The Morgan fingerprint density at radius 3 is 2.87 bits per heavy atom. The van der Waals surface area contributed by atoms with Gasteiger partial charge in [0, 0.05) is 0 Å². The SMILES string of the molecule is Cc1nc2cc3ccc(O)cc3cc2[nH]1. The fraction of sp³-hybridized carbons (Fsp3) is 0.0833. The number of hydrogen-bond donors (Lipinski definition) is 2. The molecule has 74 valence electrons. The molecule has 2 N–H and O–H groups in total. The molecule has 0 spiro atoms. The Bertz CT molecular complexity index is 655. The number of phenols is 1. The number of rotatable bonds is 0. The van der Waals surface area contributed by atoms with Crippen LogP contribution < -0.4 is 0 Å². The maximum Gasteiger partial charge on any atom is 0.116 e. The van der Waals surface area contributed by atoms with Gasteiger partial charge in [-0.15, -0.1) is 0 Å². The summed E-state index contributed by atoms with van der Waals surface area (Å²) in [6.45, 7) is 1.93. The van der Waals surface area contributed by atoms with Gasteiger partial charge in [-0.1, -0.05) is 6.07 Å². The molecule has 0 aliphatic carbocycles. The topological polar surface area (TPSA) is 48.9 Å². The van der Waals surface area contributed by atoms with E-state index in [0.29, 0.717) is 0 Å². The van der Waals surface area contributed by atoms with Gasteiger partial charge in [0.2, 0.25) is 0 Å². The number of aromatic hydroxyl groups is 1.